The summed E-state index contributed by atoms with van der Waals surface area (Å²) in [5, 5.41) is 35.4. The highest BCUT2D eigenvalue weighted by molar-refractivity contribution is 7.30. The second kappa shape index (κ2) is 31.8. The molecule has 0 saturated carbocycles. The number of halogens is 1. The molecule has 572 valence electrons. The summed E-state index contributed by atoms with van der Waals surface area (Å²) >= 11 is 17.0. The Morgan fingerprint density at radius 1 is 0.192 bits per heavy atom. The maximum Gasteiger partial charge on any atom is 0.489 e. The molecular formula is C104H68BClN6O2S6. The third-order valence-electron chi connectivity index (χ3n) is 22.0. The lowest BCUT2D eigenvalue weighted by atomic mass is 9.80. The van der Waals surface area contributed by atoms with Crippen LogP contribution < -0.4 is 5.46 Å². The lowest BCUT2D eigenvalue weighted by Crippen LogP contribution is -2.29. The molecule has 0 aliphatic carbocycles. The molecular weight excluding hydrogens is 1600 g/mol. The Morgan fingerprint density at radius 3 is 0.700 bits per heavy atom. The molecule has 8 heterocycles. The molecule has 24 aromatic rings. The molecule has 0 radical (unpaired) electrons. The van der Waals surface area contributed by atoms with Crippen molar-refractivity contribution < 1.29 is 10.0 Å². The number of rotatable bonds is 10. The summed E-state index contributed by atoms with van der Waals surface area (Å²) in [4.78, 5) is 28.0. The summed E-state index contributed by atoms with van der Waals surface area (Å²) in [7, 11) is -1.50. The molecule has 0 saturated heterocycles. The van der Waals surface area contributed by atoms with Gasteiger partial charge in [-0.15, -0.1) is 68.0 Å². The van der Waals surface area contributed by atoms with E-state index in [2.05, 4.69) is 258 Å². The number of nitrogens with zero attached hydrogens (tertiary/aromatic N) is 6. The summed E-state index contributed by atoms with van der Waals surface area (Å²) in [5.41, 5.74) is 15.4. The van der Waals surface area contributed by atoms with Crippen LogP contribution in [0.4, 0.5) is 0 Å². The van der Waals surface area contributed by atoms with Crippen LogP contribution in [0.5, 0.6) is 0 Å². The lowest BCUT2D eigenvalue weighted by Gasteiger charge is -2.09. The van der Waals surface area contributed by atoms with Gasteiger partial charge in [0.2, 0.25) is 5.28 Å². The molecule has 16 heteroatoms. The van der Waals surface area contributed by atoms with Crippen LogP contribution in [0.2, 0.25) is 5.28 Å². The molecule has 8 aromatic heterocycles. The van der Waals surface area contributed by atoms with Gasteiger partial charge >= 0.3 is 7.12 Å². The van der Waals surface area contributed by atoms with Gasteiger partial charge < -0.3 is 10.0 Å². The normalized spacial score (nSPS) is 11.5. The zero-order valence-corrected chi connectivity index (χ0v) is 68.1. The van der Waals surface area contributed by atoms with Crippen LogP contribution in [-0.2, 0) is 0 Å². The Kier molecular flexibility index (Phi) is 20.1. The minimum absolute atomic E-state index is 0. The first-order valence-electron chi connectivity index (χ1n) is 38.6. The number of thiophene rings is 6. The smallest absolute Gasteiger partial charge is 0.423 e. The van der Waals surface area contributed by atoms with E-state index < -0.39 is 7.12 Å². The SMILES string of the molecule is C.C.Clc1nc(-c2ccccc2)nc(-c2ccccc2)n1.OB(O)c1cccc2c1sc1c(-c3cccc4c3sc3c(-c5cccc6c5sc5ccccc56)cccc34)cccc12.c1ccc(-c2nc(-c3ccccc3)nc(-c3cccc4c3sc3c(-c5cccc6c5sc5c(-c7cccc8c7sc7ccccc78)cccc56)cccc34)n2)cc1. The van der Waals surface area contributed by atoms with Crippen molar-refractivity contribution in [2.45, 2.75) is 14.9 Å². The monoisotopic (exact) mass is 1670 g/mol. The highest BCUT2D eigenvalue weighted by Crippen LogP contribution is 2.53. The molecule has 0 fully saturated rings. The van der Waals surface area contributed by atoms with E-state index in [9.17, 15) is 10.0 Å². The van der Waals surface area contributed by atoms with Gasteiger partial charge in [-0.05, 0) is 40.6 Å². The van der Waals surface area contributed by atoms with E-state index in [1.54, 1.807) is 17.4 Å². The number of fused-ring (bicyclic) bond motifs is 18. The van der Waals surface area contributed by atoms with Gasteiger partial charge in [-0.2, -0.15) is 9.97 Å². The quantitative estimate of drug-likeness (QED) is 0.130. The van der Waals surface area contributed by atoms with Crippen molar-refractivity contribution in [3.05, 3.63) is 357 Å². The fraction of sp³-hybridized carbons (Fsp3) is 0.0192. The largest absolute Gasteiger partial charge is 0.489 e. The number of hydrogen-bond acceptors (Lipinski definition) is 14. The van der Waals surface area contributed by atoms with Gasteiger partial charge in [0.25, 0.3) is 0 Å². The van der Waals surface area contributed by atoms with Crippen molar-refractivity contribution in [2.24, 2.45) is 0 Å². The average Bonchev–Trinajstić information content (AvgIpc) is 1.58. The summed E-state index contributed by atoms with van der Waals surface area (Å²) in [6.07, 6.45) is 0. The first kappa shape index (κ1) is 75.9. The maximum absolute atomic E-state index is 10.0. The van der Waals surface area contributed by atoms with Gasteiger partial charge in [0, 0.05) is 188 Å². The first-order valence-corrected chi connectivity index (χ1v) is 43.9. The molecule has 0 bridgehead atoms. The van der Waals surface area contributed by atoms with E-state index in [-0.39, 0.29) is 20.1 Å². The van der Waals surface area contributed by atoms with Gasteiger partial charge in [0.15, 0.2) is 29.1 Å². The Labute approximate surface area is 720 Å². The van der Waals surface area contributed by atoms with Gasteiger partial charge in [0.1, 0.15) is 0 Å². The summed E-state index contributed by atoms with van der Waals surface area (Å²) in [5.74, 6) is 3.17. The van der Waals surface area contributed by atoms with Crippen molar-refractivity contribution >= 4 is 213 Å². The Hall–Kier alpha value is -12.9. The Morgan fingerprint density at radius 2 is 0.400 bits per heavy atom. The van der Waals surface area contributed by atoms with E-state index in [1.807, 2.05) is 160 Å². The highest BCUT2D eigenvalue weighted by Gasteiger charge is 2.25. The third kappa shape index (κ3) is 13.3. The van der Waals surface area contributed by atoms with Crippen LogP contribution in [0.25, 0.3) is 222 Å². The molecule has 24 rings (SSSR count). The van der Waals surface area contributed by atoms with Gasteiger partial charge in [-0.25, -0.2) is 19.9 Å². The third-order valence-corrected chi connectivity index (χ3v) is 29.8. The predicted molar refractivity (Wildman–Crippen MR) is 521 cm³/mol. The highest BCUT2D eigenvalue weighted by atomic mass is 35.5. The standard InChI is InChI=1S/C51H29N3S3.C36H21BO2S3.C15H10ClN3.2CH4/c1-3-14-30(15-4-1)49-52-50(31-16-5-2-6-17-31)54-51(53-49)42-28-13-27-41-40-26-12-25-39(47(40)57-48(41)42)38-24-11-23-37-36-22-10-21-35(45(36)56-46(37)38)34-20-9-19-33-32-18-7-8-29-43(32)55-44(33)34;38-37(39)30-18-7-17-29-28-16-6-15-27(35(28)42-36(29)30)26-14-5-13-25-24-12-4-11-23(33(24)41-34(25)26)22-10-3-9-21-20-8-1-2-19-31(20)40-32(21)22;16-15-18-13(11-7-3-1-4-8-11)17-14(19-15)12-9-5-2-6-10-12;;/h1-29H;1-19,38-39H;1-10H;2*1H4. The summed E-state index contributed by atoms with van der Waals surface area (Å²) in [6, 6.07) is 123. The van der Waals surface area contributed by atoms with Crippen molar-refractivity contribution in [1.82, 2.24) is 29.9 Å². The molecule has 16 aromatic carbocycles. The first-order chi connectivity index (χ1) is 58.3. The number of hydrogen-bond donors (Lipinski definition) is 2. The van der Waals surface area contributed by atoms with E-state index in [4.69, 9.17) is 26.6 Å². The minimum Gasteiger partial charge on any atom is -0.423 e. The number of aromatic nitrogens is 6. The van der Waals surface area contributed by atoms with Gasteiger partial charge in [-0.1, -0.05) is 349 Å². The molecule has 0 unspecified atom stereocenters. The van der Waals surface area contributed by atoms with Crippen molar-refractivity contribution in [3.63, 3.8) is 0 Å². The molecule has 120 heavy (non-hydrogen) atoms. The summed E-state index contributed by atoms with van der Waals surface area (Å²) < 4.78 is 15.1. The van der Waals surface area contributed by atoms with E-state index >= 15 is 0 Å². The molecule has 0 aliphatic rings. The maximum atomic E-state index is 10.0. The van der Waals surface area contributed by atoms with Gasteiger partial charge in [-0.3, -0.25) is 0 Å². The lowest BCUT2D eigenvalue weighted by molar-refractivity contribution is 0.426. The second-order valence-electron chi connectivity index (χ2n) is 28.9. The molecule has 8 nitrogen and oxygen atoms in total. The molecule has 0 atom stereocenters. The molecule has 0 aliphatic heterocycles. The van der Waals surface area contributed by atoms with Gasteiger partial charge in [0.05, 0.1) is 0 Å². The zero-order chi connectivity index (χ0) is 78.5. The number of benzene rings is 16. The van der Waals surface area contributed by atoms with Crippen LogP contribution >= 0.6 is 79.6 Å². The van der Waals surface area contributed by atoms with E-state index in [1.165, 1.54) is 150 Å². The van der Waals surface area contributed by atoms with Crippen molar-refractivity contribution in [2.75, 3.05) is 0 Å². The van der Waals surface area contributed by atoms with Crippen LogP contribution in [0.15, 0.2) is 352 Å². The van der Waals surface area contributed by atoms with E-state index in [0.717, 1.165) is 43.3 Å². The van der Waals surface area contributed by atoms with Crippen LogP contribution in [0.1, 0.15) is 14.9 Å². The topological polar surface area (TPSA) is 118 Å². The zero-order valence-electron chi connectivity index (χ0n) is 62.5. The Bertz CT molecular complexity index is 7970. The molecule has 0 spiro atoms. The van der Waals surface area contributed by atoms with Crippen LogP contribution in [0, 0.1) is 0 Å². The van der Waals surface area contributed by atoms with Crippen molar-refractivity contribution in [3.8, 4) is 101 Å². The van der Waals surface area contributed by atoms with Crippen LogP contribution in [-0.4, -0.2) is 47.1 Å². The van der Waals surface area contributed by atoms with E-state index in [0.29, 0.717) is 34.6 Å². The van der Waals surface area contributed by atoms with Crippen LogP contribution in [0.3, 0.4) is 0 Å². The average molecular weight is 1670 g/mol. The summed E-state index contributed by atoms with van der Waals surface area (Å²) in [6.45, 7) is 0. The molecule has 0 amide bonds. The fourth-order valence-corrected chi connectivity index (χ4v) is 24.6. The fourth-order valence-electron chi connectivity index (χ4n) is 16.6. The second-order valence-corrected chi connectivity index (χ2v) is 35.4. The predicted octanol–water partition coefficient (Wildman–Crippen LogP) is 30.2. The van der Waals surface area contributed by atoms with Crippen molar-refractivity contribution in [1.29, 1.82) is 0 Å². The Balaban J connectivity index is 0.000000128. The molecule has 2 N–H and O–H groups in total. The minimum atomic E-state index is -1.50.